The summed E-state index contributed by atoms with van der Waals surface area (Å²) in [5, 5.41) is 6.73. The van der Waals surface area contributed by atoms with Crippen molar-refractivity contribution < 1.29 is 4.79 Å². The zero-order valence-electron chi connectivity index (χ0n) is 20.3. The first-order valence-electron chi connectivity index (χ1n) is 11.8. The number of benzene rings is 2. The summed E-state index contributed by atoms with van der Waals surface area (Å²) in [6.45, 7) is 6.36. The second-order valence-electron chi connectivity index (χ2n) is 8.80. The second-order valence-corrected chi connectivity index (χ2v) is 9.84. The lowest BCUT2D eigenvalue weighted by molar-refractivity contribution is 0.102. The van der Waals surface area contributed by atoms with E-state index in [1.54, 1.807) is 0 Å². The largest absolute Gasteiger partial charge is 0.338 e. The number of carbonyl (C=O) groups excluding carboxylic acids is 1. The van der Waals surface area contributed by atoms with Gasteiger partial charge < -0.3 is 20.4 Å². The number of para-hydroxylation sites is 1. The van der Waals surface area contributed by atoms with Crippen LogP contribution < -0.4 is 15.5 Å². The number of amides is 1. The van der Waals surface area contributed by atoms with Crippen molar-refractivity contribution in [2.24, 2.45) is 4.99 Å². The number of rotatable bonds is 6. The van der Waals surface area contributed by atoms with Crippen molar-refractivity contribution in [1.29, 1.82) is 0 Å². The molecule has 3 heterocycles. The Labute approximate surface area is 214 Å². The third-order valence-electron chi connectivity index (χ3n) is 5.87. The van der Waals surface area contributed by atoms with Crippen LogP contribution in [0.2, 0.25) is 0 Å². The Morgan fingerprint density at radius 3 is 2.39 bits per heavy atom. The third kappa shape index (κ3) is 6.07. The van der Waals surface area contributed by atoms with E-state index in [1.165, 1.54) is 17.3 Å². The van der Waals surface area contributed by atoms with Gasteiger partial charge in [0.05, 0.1) is 6.54 Å². The number of amidine groups is 1. The molecule has 1 aromatic heterocycles. The average Bonchev–Trinajstić information content (AvgIpc) is 3.29. The molecule has 1 fully saturated rings. The Balaban J connectivity index is 1.33. The van der Waals surface area contributed by atoms with E-state index in [0.717, 1.165) is 42.6 Å². The number of hydrogen-bond donors (Lipinski definition) is 2. The number of hydrogen-bond acceptors (Lipinski definition) is 9. The van der Waals surface area contributed by atoms with Crippen LogP contribution in [0.5, 0.6) is 0 Å². The maximum Gasteiger partial charge on any atom is 0.255 e. The molecule has 0 spiro atoms. The van der Waals surface area contributed by atoms with E-state index in [4.69, 9.17) is 4.98 Å². The van der Waals surface area contributed by atoms with Crippen molar-refractivity contribution in [3.05, 3.63) is 71.8 Å². The van der Waals surface area contributed by atoms with Gasteiger partial charge in [-0.15, -0.1) is 0 Å². The van der Waals surface area contributed by atoms with Gasteiger partial charge in [-0.2, -0.15) is 15.0 Å². The molecule has 2 N–H and O–H groups in total. The van der Waals surface area contributed by atoms with Gasteiger partial charge in [0, 0.05) is 42.3 Å². The molecule has 1 saturated heterocycles. The van der Waals surface area contributed by atoms with Gasteiger partial charge in [0.2, 0.25) is 11.9 Å². The fourth-order valence-electron chi connectivity index (χ4n) is 3.82. The summed E-state index contributed by atoms with van der Waals surface area (Å²) in [4.78, 5) is 36.6. The molecular weight excluding hydrogens is 472 g/mol. The van der Waals surface area contributed by atoms with Crippen LogP contribution in [0.25, 0.3) is 0 Å². The summed E-state index contributed by atoms with van der Waals surface area (Å²) < 4.78 is 0. The van der Waals surface area contributed by atoms with Crippen LogP contribution in [0, 0.1) is 0 Å². The molecule has 0 aliphatic carbocycles. The van der Waals surface area contributed by atoms with E-state index in [1.807, 2.05) is 67.6 Å². The molecule has 0 atom stereocenters. The number of piperazine rings is 1. The molecule has 0 bridgehead atoms. The smallest absolute Gasteiger partial charge is 0.255 e. The first-order valence-corrected chi connectivity index (χ1v) is 12.7. The molecule has 10 heteroatoms. The molecule has 0 radical (unpaired) electrons. The van der Waals surface area contributed by atoms with Crippen LogP contribution in [0.1, 0.15) is 17.3 Å². The van der Waals surface area contributed by atoms with E-state index >= 15 is 0 Å². The van der Waals surface area contributed by atoms with Gasteiger partial charge >= 0.3 is 0 Å². The highest BCUT2D eigenvalue weighted by Crippen LogP contribution is 2.27. The molecule has 0 saturated carbocycles. The fraction of sp³-hybridized carbons (Fsp3) is 0.269. The molecule has 36 heavy (non-hydrogen) atoms. The van der Waals surface area contributed by atoms with Crippen LogP contribution >= 0.6 is 11.8 Å². The Hall–Kier alpha value is -3.76. The highest BCUT2D eigenvalue weighted by Gasteiger charge is 2.20. The fourth-order valence-corrected chi connectivity index (χ4v) is 4.57. The molecule has 0 unspecified atom stereocenters. The summed E-state index contributed by atoms with van der Waals surface area (Å²) in [7, 11) is 2.12. The van der Waals surface area contributed by atoms with Crippen molar-refractivity contribution in [3.63, 3.8) is 0 Å². The van der Waals surface area contributed by atoms with Crippen molar-refractivity contribution in [1.82, 2.24) is 19.9 Å². The second kappa shape index (κ2) is 10.9. The summed E-state index contributed by atoms with van der Waals surface area (Å²) in [6.07, 6.45) is 2.01. The van der Waals surface area contributed by atoms with E-state index in [2.05, 4.69) is 42.4 Å². The van der Waals surface area contributed by atoms with Gasteiger partial charge in [0.15, 0.2) is 5.16 Å². The molecule has 2 aliphatic heterocycles. The number of nitrogens with one attached hydrogen (secondary N) is 2. The minimum atomic E-state index is -0.151. The number of likely N-dealkylation sites (N-methyl/N-ethyl adjacent to an activating group) is 1. The Morgan fingerprint density at radius 2 is 1.69 bits per heavy atom. The predicted octanol–water partition coefficient (Wildman–Crippen LogP) is 3.80. The number of aliphatic imine (C=N–C) groups is 1. The lowest BCUT2D eigenvalue weighted by atomic mass is 10.2. The normalized spacial score (nSPS) is 15.9. The molecule has 184 valence electrons. The third-order valence-corrected chi connectivity index (χ3v) is 6.74. The maximum atomic E-state index is 12.6. The van der Waals surface area contributed by atoms with Crippen molar-refractivity contribution >= 4 is 41.1 Å². The monoisotopic (exact) mass is 500 g/mol. The lowest BCUT2D eigenvalue weighted by Crippen LogP contribution is -2.45. The minimum Gasteiger partial charge on any atom is -0.338 e. The Kier molecular flexibility index (Phi) is 7.24. The molecule has 3 aromatic rings. The van der Waals surface area contributed by atoms with Crippen molar-refractivity contribution in [3.8, 4) is 0 Å². The standard InChI is InChI=1S/C26H28N8OS/c1-18-16-22(27-17-18)29-24-30-25(34-14-12-33(2)13-15-34)32-26(31-24)36-21-10-8-19(9-11-21)23(35)28-20-6-4-3-5-7-20/h3-11,16H,12-15,17H2,1-2H3,(H,28,35)(H,27,29,30,31,32). The highest BCUT2D eigenvalue weighted by molar-refractivity contribution is 7.99. The van der Waals surface area contributed by atoms with Gasteiger partial charge in [-0.05, 0) is 73.8 Å². The summed E-state index contributed by atoms with van der Waals surface area (Å²) in [5.41, 5.74) is 2.54. The number of nitrogens with zero attached hydrogens (tertiary/aromatic N) is 6. The minimum absolute atomic E-state index is 0.151. The van der Waals surface area contributed by atoms with Crippen LogP contribution in [-0.2, 0) is 0 Å². The number of anilines is 3. The quantitative estimate of drug-likeness (QED) is 0.528. The van der Waals surface area contributed by atoms with Crippen molar-refractivity contribution in [2.45, 2.75) is 17.0 Å². The van der Waals surface area contributed by atoms with Crippen molar-refractivity contribution in [2.75, 3.05) is 55.3 Å². The van der Waals surface area contributed by atoms with E-state index in [0.29, 0.717) is 29.2 Å². The van der Waals surface area contributed by atoms with E-state index < -0.39 is 0 Å². The zero-order valence-corrected chi connectivity index (χ0v) is 21.1. The maximum absolute atomic E-state index is 12.6. The van der Waals surface area contributed by atoms with Crippen LogP contribution in [0.3, 0.4) is 0 Å². The molecule has 2 aromatic carbocycles. The van der Waals surface area contributed by atoms with E-state index in [-0.39, 0.29) is 5.91 Å². The predicted molar refractivity (Wildman–Crippen MR) is 144 cm³/mol. The Morgan fingerprint density at radius 1 is 0.944 bits per heavy atom. The SMILES string of the molecule is CC1=CC(Nc2nc(Sc3ccc(C(=O)Nc4ccccc4)cc3)nc(N3CCN(C)CC3)n2)=NC1. The number of aromatic nitrogens is 3. The van der Waals surface area contributed by atoms with Crippen LogP contribution in [-0.4, -0.2) is 71.4 Å². The topological polar surface area (TPSA) is 98.6 Å². The first kappa shape index (κ1) is 24.0. The van der Waals surface area contributed by atoms with Gasteiger partial charge in [-0.1, -0.05) is 18.2 Å². The van der Waals surface area contributed by atoms with Gasteiger partial charge in [-0.3, -0.25) is 9.79 Å². The molecular formula is C26H28N8OS. The molecule has 1 amide bonds. The lowest BCUT2D eigenvalue weighted by Gasteiger charge is -2.32. The van der Waals surface area contributed by atoms with Gasteiger partial charge in [0.25, 0.3) is 5.91 Å². The summed E-state index contributed by atoms with van der Waals surface area (Å²) in [6, 6.07) is 16.8. The highest BCUT2D eigenvalue weighted by atomic mass is 32.2. The molecule has 5 rings (SSSR count). The molecule has 9 nitrogen and oxygen atoms in total. The zero-order chi connectivity index (χ0) is 24.9. The van der Waals surface area contributed by atoms with Crippen LogP contribution in [0.4, 0.5) is 17.6 Å². The number of carbonyl (C=O) groups is 1. The Bertz CT molecular complexity index is 1290. The molecule has 2 aliphatic rings. The van der Waals surface area contributed by atoms with Gasteiger partial charge in [0.1, 0.15) is 5.84 Å². The van der Waals surface area contributed by atoms with Gasteiger partial charge in [-0.25, -0.2) is 0 Å². The first-order chi connectivity index (χ1) is 17.5. The van der Waals surface area contributed by atoms with E-state index in [9.17, 15) is 4.79 Å². The van der Waals surface area contributed by atoms with Crippen LogP contribution in [0.15, 0.2) is 81.3 Å². The summed E-state index contributed by atoms with van der Waals surface area (Å²) in [5.74, 6) is 1.74. The average molecular weight is 501 g/mol. The summed E-state index contributed by atoms with van der Waals surface area (Å²) >= 11 is 1.44.